The lowest BCUT2D eigenvalue weighted by atomic mass is 9.88. The molecule has 0 heterocycles. The fourth-order valence-electron chi connectivity index (χ4n) is 2.36. The van der Waals surface area contributed by atoms with Crippen LogP contribution in [-0.4, -0.2) is 30.7 Å². The average Bonchev–Trinajstić information content (AvgIpc) is 2.47. The molecule has 2 rings (SSSR count). The van der Waals surface area contributed by atoms with Gasteiger partial charge in [-0.25, -0.2) is 0 Å². The topological polar surface area (TPSA) is 20.2 Å². The van der Waals surface area contributed by atoms with E-state index in [1.165, 1.54) is 0 Å². The average molecular weight is 314 g/mol. The van der Waals surface area contributed by atoms with E-state index >= 15 is 0 Å². The van der Waals surface area contributed by atoms with Crippen LogP contribution in [0.1, 0.15) is 31.9 Å². The Morgan fingerprint density at radius 1 is 0.864 bits per heavy atom. The quantitative estimate of drug-likeness (QED) is 0.675. The van der Waals surface area contributed by atoms with Crippen molar-refractivity contribution in [3.63, 3.8) is 0 Å². The monoisotopic (exact) mass is 314 g/mol. The van der Waals surface area contributed by atoms with E-state index in [1.54, 1.807) is 0 Å². The summed E-state index contributed by atoms with van der Waals surface area (Å²) in [7, 11) is -0.905. The predicted octanol–water partition coefficient (Wildman–Crippen LogP) is 3.65. The molecule has 0 aliphatic carbocycles. The summed E-state index contributed by atoms with van der Waals surface area (Å²) in [6.45, 7) is 9.52. The molecule has 0 amide bonds. The third-order valence-corrected chi connectivity index (χ3v) is 7.34. The lowest BCUT2D eigenvalue weighted by molar-refractivity contribution is 0.106. The lowest BCUT2D eigenvalue weighted by Gasteiger charge is -2.44. The van der Waals surface area contributed by atoms with E-state index in [4.69, 9.17) is 0 Å². The summed E-state index contributed by atoms with van der Waals surface area (Å²) in [5.41, 5.74) is 1.19. The van der Waals surface area contributed by atoms with Crippen molar-refractivity contribution in [1.29, 1.82) is 0 Å². The molecule has 1 atom stereocenters. The first kappa shape index (κ1) is 17.3. The maximum atomic E-state index is 11.7. The maximum Gasteiger partial charge on any atom is 0.144 e. The minimum Gasteiger partial charge on any atom is -0.377 e. The van der Waals surface area contributed by atoms with Crippen LogP contribution in [0.4, 0.5) is 0 Å². The Balaban J connectivity index is 2.53. The molecule has 1 nitrogen and oxygen atoms in total. The first-order chi connectivity index (χ1) is 10.2. The highest BCUT2D eigenvalue weighted by atomic mass is 31.2. The molecule has 0 spiro atoms. The molecule has 0 saturated heterocycles. The minimum atomic E-state index is -1.08. The molecule has 22 heavy (non-hydrogen) atoms. The molecule has 0 fully saturated rings. The van der Waals surface area contributed by atoms with Crippen LogP contribution in [-0.2, 0) is 5.60 Å². The van der Waals surface area contributed by atoms with E-state index in [9.17, 15) is 5.11 Å². The van der Waals surface area contributed by atoms with Crippen LogP contribution in [0.2, 0.25) is 0 Å². The van der Waals surface area contributed by atoms with Crippen molar-refractivity contribution in [3.05, 3.63) is 71.8 Å². The zero-order valence-corrected chi connectivity index (χ0v) is 14.3. The first-order valence-corrected chi connectivity index (χ1v) is 9.36. The fourth-order valence-corrected chi connectivity index (χ4v) is 3.88. The molecular formula is C19H28BOP. The summed E-state index contributed by atoms with van der Waals surface area (Å²) in [6, 6.07) is 20.4. The highest BCUT2D eigenvalue weighted by Gasteiger charge is 2.43. The second kappa shape index (κ2) is 6.18. The predicted molar refractivity (Wildman–Crippen MR) is 103 cm³/mol. The second-order valence-electron chi connectivity index (χ2n) is 6.62. The van der Waals surface area contributed by atoms with Gasteiger partial charge >= 0.3 is 0 Å². The van der Waals surface area contributed by atoms with Gasteiger partial charge in [0.15, 0.2) is 0 Å². The van der Waals surface area contributed by atoms with E-state index in [0.29, 0.717) is 5.16 Å². The Hall–Kier alpha value is -1.11. The Morgan fingerprint density at radius 3 is 1.55 bits per heavy atom. The van der Waals surface area contributed by atoms with Crippen LogP contribution in [0.3, 0.4) is 0 Å². The van der Waals surface area contributed by atoms with Crippen LogP contribution < -0.4 is 0 Å². The van der Waals surface area contributed by atoms with Crippen molar-refractivity contribution in [2.45, 2.75) is 31.5 Å². The molecule has 0 saturated carbocycles. The molecule has 0 aromatic heterocycles. The van der Waals surface area contributed by atoms with E-state index < -0.39 is 12.7 Å². The highest BCUT2D eigenvalue weighted by molar-refractivity contribution is 7.98. The smallest absolute Gasteiger partial charge is 0.144 e. The summed E-state index contributed by atoms with van der Waals surface area (Å²) in [6.07, 6.45) is 0.900. The standard InChI is InChI=1S/C19H28BOP/c1-18(2,3)22(4,20)15-19(21,16-11-7-5-8-12-16)17-13-9-6-10-14-17/h5-14,21H,15H2,1-4,20H3. The van der Waals surface area contributed by atoms with Crippen LogP contribution in [0.5, 0.6) is 0 Å². The van der Waals surface area contributed by atoms with Gasteiger partial charge in [0.25, 0.3) is 0 Å². The summed E-state index contributed by atoms with van der Waals surface area (Å²) in [5, 5.41) is 12.0. The zero-order valence-electron chi connectivity index (χ0n) is 13.4. The Morgan fingerprint density at radius 2 is 1.23 bits per heavy atom. The van der Waals surface area contributed by atoms with Gasteiger partial charge in [-0.1, -0.05) is 60.7 Å². The van der Waals surface area contributed by atoms with Crippen molar-refractivity contribution < 1.29 is 5.11 Å². The SMILES string of the molecule is [BH3-][P+](C)(CC(O)(c1ccccc1)c1ccccc1)C(C)(C)C. The molecule has 0 aliphatic heterocycles. The van der Waals surface area contributed by atoms with Crippen LogP contribution in [0.25, 0.3) is 0 Å². The number of benzene rings is 2. The van der Waals surface area contributed by atoms with E-state index in [1.807, 2.05) is 36.4 Å². The molecule has 2 aromatic carbocycles. The molecule has 0 aliphatic rings. The summed E-state index contributed by atoms with van der Waals surface area (Å²) in [5.74, 6) is 0. The lowest BCUT2D eigenvalue weighted by Crippen LogP contribution is -2.37. The van der Waals surface area contributed by atoms with Gasteiger partial charge in [0.2, 0.25) is 0 Å². The molecule has 1 N–H and O–H groups in total. The van der Waals surface area contributed by atoms with E-state index in [-0.39, 0.29) is 7.57 Å². The molecule has 1 unspecified atom stereocenters. The zero-order chi connectivity index (χ0) is 16.4. The molecule has 0 bridgehead atoms. The van der Waals surface area contributed by atoms with Crippen molar-refractivity contribution in [1.82, 2.24) is 0 Å². The van der Waals surface area contributed by atoms with Gasteiger partial charge in [0.05, 0.1) is 6.16 Å². The maximum absolute atomic E-state index is 11.7. The van der Waals surface area contributed by atoms with Gasteiger partial charge in [-0.05, 0) is 31.9 Å². The normalized spacial score (nSPS) is 15.4. The first-order valence-electron chi connectivity index (χ1n) is 7.39. The largest absolute Gasteiger partial charge is 0.377 e. The van der Waals surface area contributed by atoms with E-state index in [2.05, 4.69) is 51.7 Å². The van der Waals surface area contributed by atoms with Crippen LogP contribution >= 0.6 is 7.14 Å². The van der Waals surface area contributed by atoms with Gasteiger partial charge in [-0.15, -0.1) is 0 Å². The number of hydrogen-bond acceptors (Lipinski definition) is 1. The van der Waals surface area contributed by atoms with Gasteiger partial charge < -0.3 is 5.11 Å². The van der Waals surface area contributed by atoms with Gasteiger partial charge in [-0.2, -0.15) is 7.14 Å². The van der Waals surface area contributed by atoms with Crippen molar-refractivity contribution in [3.8, 4) is 0 Å². The summed E-state index contributed by atoms with van der Waals surface area (Å²) >= 11 is 0. The second-order valence-corrected chi connectivity index (χ2v) is 9.67. The number of hydrogen-bond donors (Lipinski definition) is 1. The molecule has 118 valence electrons. The van der Waals surface area contributed by atoms with Crippen LogP contribution in [0.15, 0.2) is 60.7 Å². The fraction of sp³-hybridized carbons (Fsp3) is 0.368. The molecular weight excluding hydrogens is 286 g/mol. The van der Waals surface area contributed by atoms with Crippen molar-refractivity contribution in [2.24, 2.45) is 0 Å². The molecule has 0 radical (unpaired) electrons. The summed E-state index contributed by atoms with van der Waals surface area (Å²) < 4.78 is 0. The third-order valence-electron chi connectivity index (χ3n) is 4.11. The van der Waals surface area contributed by atoms with Crippen LogP contribution in [0, 0.1) is 0 Å². The number of aliphatic hydroxyl groups is 1. The Bertz CT molecular complexity index is 563. The van der Waals surface area contributed by atoms with Crippen molar-refractivity contribution in [2.75, 3.05) is 12.8 Å². The third kappa shape index (κ3) is 3.45. The van der Waals surface area contributed by atoms with Crippen molar-refractivity contribution >= 4 is 14.7 Å². The molecule has 2 aromatic rings. The van der Waals surface area contributed by atoms with Gasteiger partial charge in [0, 0.05) is 11.8 Å². The van der Waals surface area contributed by atoms with Gasteiger partial charge in [0.1, 0.15) is 13.2 Å². The number of rotatable bonds is 4. The highest BCUT2D eigenvalue weighted by Crippen LogP contribution is 2.64. The Kier molecular flexibility index (Phi) is 4.85. The summed E-state index contributed by atoms with van der Waals surface area (Å²) in [4.78, 5) is 0. The molecule has 3 heteroatoms. The van der Waals surface area contributed by atoms with E-state index in [0.717, 1.165) is 17.3 Å². The minimum absolute atomic E-state index is 0.174. The van der Waals surface area contributed by atoms with Gasteiger partial charge in [-0.3, -0.25) is 0 Å². The Labute approximate surface area is 136 Å².